The smallest absolute Gasteiger partial charge is 0.107 e. The van der Waals surface area contributed by atoms with Crippen molar-refractivity contribution in [1.82, 2.24) is 4.90 Å². The first kappa shape index (κ1) is 16.7. The predicted molar refractivity (Wildman–Crippen MR) is 95.8 cm³/mol. The Bertz CT molecular complexity index is 618. The van der Waals surface area contributed by atoms with E-state index < -0.39 is 5.41 Å². The highest BCUT2D eigenvalue weighted by molar-refractivity contribution is 5.45. The lowest BCUT2D eigenvalue weighted by Gasteiger charge is -2.31. The zero-order chi connectivity index (χ0) is 16.7. The van der Waals surface area contributed by atoms with Crippen LogP contribution in [0.2, 0.25) is 0 Å². The number of hydrogen-bond acceptors (Lipinski definition) is 3. The molecule has 0 aliphatic carbocycles. The van der Waals surface area contributed by atoms with Gasteiger partial charge in [0.15, 0.2) is 0 Å². The van der Waals surface area contributed by atoms with E-state index in [1.54, 1.807) is 0 Å². The Hall–Kier alpha value is -2.15. The average molecular weight is 320 g/mol. The topological polar surface area (TPSA) is 36.3 Å². The van der Waals surface area contributed by atoms with Gasteiger partial charge in [0.2, 0.25) is 0 Å². The Labute approximate surface area is 144 Å². The third kappa shape index (κ3) is 3.67. The van der Waals surface area contributed by atoms with Crippen LogP contribution in [-0.4, -0.2) is 37.7 Å². The number of rotatable bonds is 6. The maximum atomic E-state index is 10.1. The molecule has 3 heteroatoms. The molecule has 0 unspecified atom stereocenters. The van der Waals surface area contributed by atoms with Crippen LogP contribution in [0.4, 0.5) is 0 Å². The van der Waals surface area contributed by atoms with E-state index in [2.05, 4.69) is 35.2 Å². The molecule has 0 spiro atoms. The highest BCUT2D eigenvalue weighted by atomic mass is 16.5. The molecule has 24 heavy (non-hydrogen) atoms. The van der Waals surface area contributed by atoms with Crippen LogP contribution in [0.15, 0.2) is 60.7 Å². The fourth-order valence-electron chi connectivity index (χ4n) is 3.48. The van der Waals surface area contributed by atoms with Crippen molar-refractivity contribution in [2.75, 3.05) is 32.8 Å². The van der Waals surface area contributed by atoms with Crippen molar-refractivity contribution < 1.29 is 4.74 Å². The summed E-state index contributed by atoms with van der Waals surface area (Å²) in [6.07, 6.45) is 1.83. The third-order valence-electron chi connectivity index (χ3n) is 4.85. The summed E-state index contributed by atoms with van der Waals surface area (Å²) in [5.41, 5.74) is 1.59. The normalized spacial score (nSPS) is 15.8. The second-order valence-electron chi connectivity index (χ2n) is 6.31. The van der Waals surface area contributed by atoms with E-state index in [1.807, 2.05) is 36.4 Å². The highest BCUT2D eigenvalue weighted by Gasteiger charge is 2.34. The molecule has 1 aliphatic rings. The van der Waals surface area contributed by atoms with Crippen LogP contribution < -0.4 is 0 Å². The monoisotopic (exact) mass is 320 g/mol. The number of nitrogens with zero attached hydrogens (tertiary/aromatic N) is 2. The first-order valence-corrected chi connectivity index (χ1v) is 8.67. The van der Waals surface area contributed by atoms with E-state index in [4.69, 9.17) is 4.74 Å². The van der Waals surface area contributed by atoms with E-state index in [0.717, 1.165) is 56.8 Å². The van der Waals surface area contributed by atoms with Gasteiger partial charge in [-0.25, -0.2) is 0 Å². The molecule has 1 fully saturated rings. The van der Waals surface area contributed by atoms with Crippen LogP contribution in [0.1, 0.15) is 24.0 Å². The van der Waals surface area contributed by atoms with E-state index in [-0.39, 0.29) is 0 Å². The van der Waals surface area contributed by atoms with E-state index in [9.17, 15) is 5.26 Å². The molecule has 1 saturated heterocycles. The van der Waals surface area contributed by atoms with Crippen molar-refractivity contribution in [3.8, 4) is 6.07 Å². The lowest BCUT2D eigenvalue weighted by molar-refractivity contribution is 0.0368. The molecule has 0 atom stereocenters. The van der Waals surface area contributed by atoms with E-state index in [0.29, 0.717) is 0 Å². The minimum Gasteiger partial charge on any atom is -0.379 e. The Morgan fingerprint density at radius 1 is 0.917 bits per heavy atom. The molecule has 124 valence electrons. The number of nitriles is 1. The van der Waals surface area contributed by atoms with Crippen LogP contribution in [-0.2, 0) is 10.2 Å². The molecule has 2 aromatic rings. The van der Waals surface area contributed by atoms with Crippen molar-refractivity contribution in [3.63, 3.8) is 0 Å². The minimum absolute atomic E-state index is 0.575. The lowest BCUT2D eigenvalue weighted by atomic mass is 9.72. The summed E-state index contributed by atoms with van der Waals surface area (Å²) in [5.74, 6) is 0. The predicted octanol–water partition coefficient (Wildman–Crippen LogP) is 3.61. The van der Waals surface area contributed by atoms with Crippen LogP contribution in [0.3, 0.4) is 0 Å². The first-order chi connectivity index (χ1) is 11.8. The van der Waals surface area contributed by atoms with Crippen LogP contribution in [0.25, 0.3) is 0 Å². The van der Waals surface area contributed by atoms with Gasteiger partial charge in [-0.2, -0.15) is 5.26 Å². The van der Waals surface area contributed by atoms with Crippen molar-refractivity contribution in [2.45, 2.75) is 18.3 Å². The van der Waals surface area contributed by atoms with Crippen LogP contribution >= 0.6 is 0 Å². The van der Waals surface area contributed by atoms with Gasteiger partial charge in [0, 0.05) is 13.1 Å². The summed E-state index contributed by atoms with van der Waals surface area (Å²) in [5, 5.41) is 10.1. The van der Waals surface area contributed by atoms with Crippen molar-refractivity contribution in [1.29, 1.82) is 5.26 Å². The molecule has 3 rings (SSSR count). The molecular weight excluding hydrogens is 296 g/mol. The maximum absolute atomic E-state index is 10.1. The quantitative estimate of drug-likeness (QED) is 0.816. The minimum atomic E-state index is -0.575. The van der Waals surface area contributed by atoms with Gasteiger partial charge in [0.1, 0.15) is 5.41 Å². The van der Waals surface area contributed by atoms with Gasteiger partial charge in [-0.1, -0.05) is 60.7 Å². The Morgan fingerprint density at radius 2 is 1.46 bits per heavy atom. The molecule has 1 heterocycles. The molecule has 0 aromatic heterocycles. The van der Waals surface area contributed by atoms with Gasteiger partial charge in [0.25, 0.3) is 0 Å². The van der Waals surface area contributed by atoms with Gasteiger partial charge >= 0.3 is 0 Å². The molecule has 0 radical (unpaired) electrons. The highest BCUT2D eigenvalue weighted by Crippen LogP contribution is 2.36. The van der Waals surface area contributed by atoms with Gasteiger partial charge in [0.05, 0.1) is 19.3 Å². The number of morpholine rings is 1. The van der Waals surface area contributed by atoms with E-state index >= 15 is 0 Å². The second-order valence-corrected chi connectivity index (χ2v) is 6.31. The zero-order valence-electron chi connectivity index (χ0n) is 14.0. The summed E-state index contributed by atoms with van der Waals surface area (Å²) in [7, 11) is 0. The summed E-state index contributed by atoms with van der Waals surface area (Å²) < 4.78 is 5.41. The Morgan fingerprint density at radius 3 is 1.96 bits per heavy atom. The Kier molecular flexibility index (Phi) is 5.63. The van der Waals surface area contributed by atoms with Gasteiger partial charge < -0.3 is 4.74 Å². The number of benzene rings is 2. The number of hydrogen-bond donors (Lipinski definition) is 0. The first-order valence-electron chi connectivity index (χ1n) is 8.67. The van der Waals surface area contributed by atoms with E-state index in [1.165, 1.54) is 0 Å². The molecule has 3 nitrogen and oxygen atoms in total. The molecule has 2 aromatic carbocycles. The summed E-state index contributed by atoms with van der Waals surface area (Å²) >= 11 is 0. The third-order valence-corrected chi connectivity index (χ3v) is 4.85. The number of ether oxygens (including phenoxy) is 1. The van der Waals surface area contributed by atoms with Gasteiger partial charge in [-0.3, -0.25) is 4.90 Å². The van der Waals surface area contributed by atoms with Gasteiger partial charge in [-0.05, 0) is 30.5 Å². The molecule has 0 saturated carbocycles. The average Bonchev–Trinajstić information content (AvgIpc) is 2.68. The second kappa shape index (κ2) is 8.10. The lowest BCUT2D eigenvalue weighted by Crippen LogP contribution is -2.37. The molecule has 1 aliphatic heterocycles. The summed E-state index contributed by atoms with van der Waals surface area (Å²) in [6, 6.07) is 23.0. The summed E-state index contributed by atoms with van der Waals surface area (Å²) in [6.45, 7) is 4.65. The van der Waals surface area contributed by atoms with Gasteiger partial charge in [-0.15, -0.1) is 0 Å². The summed E-state index contributed by atoms with van der Waals surface area (Å²) in [4.78, 5) is 2.43. The SMILES string of the molecule is N#CC(CCCN1CCOCC1)(c1ccccc1)c1ccccc1. The van der Waals surface area contributed by atoms with Crippen LogP contribution in [0, 0.1) is 11.3 Å². The van der Waals surface area contributed by atoms with Crippen molar-refractivity contribution in [3.05, 3.63) is 71.8 Å². The Balaban J connectivity index is 1.81. The maximum Gasteiger partial charge on any atom is 0.107 e. The fraction of sp³-hybridized carbons (Fsp3) is 0.381. The fourth-order valence-corrected chi connectivity index (χ4v) is 3.48. The molecule has 0 bridgehead atoms. The zero-order valence-corrected chi connectivity index (χ0v) is 14.0. The van der Waals surface area contributed by atoms with Crippen molar-refractivity contribution in [2.24, 2.45) is 0 Å². The molecule has 0 amide bonds. The van der Waals surface area contributed by atoms with Crippen LogP contribution in [0.5, 0.6) is 0 Å². The largest absolute Gasteiger partial charge is 0.379 e. The standard InChI is InChI=1S/C21H24N2O/c22-18-21(19-8-3-1-4-9-19,20-10-5-2-6-11-20)12-7-13-23-14-16-24-17-15-23/h1-6,8-11H,7,12-17H2. The molecule has 0 N–H and O–H groups in total. The molecular formula is C21H24N2O. The van der Waals surface area contributed by atoms with Crippen molar-refractivity contribution >= 4 is 0 Å².